The van der Waals surface area contributed by atoms with Crippen molar-refractivity contribution in [3.63, 3.8) is 0 Å². The Morgan fingerprint density at radius 3 is 2.50 bits per heavy atom. The molecule has 1 aliphatic carbocycles. The number of carbonyl (C=O) groups is 2. The molecular formula is C18H21ClF3N3O3. The summed E-state index contributed by atoms with van der Waals surface area (Å²) in [6, 6.07) is 1.65. The number of rotatable bonds is 2. The average Bonchev–Trinajstić information content (AvgIpc) is 3.12. The molecule has 0 bridgehead atoms. The highest BCUT2D eigenvalue weighted by atomic mass is 35.5. The number of piperidine rings is 1. The number of alkyl halides is 3. The molecule has 1 saturated heterocycles. The molecule has 0 unspecified atom stereocenters. The molecule has 3 rings (SSSR count). The SMILES string of the molecule is CC(C)(C)OC(=O)N1CC[C@@H]2C[C@@]21C(=O)Nc1cc(C(F)(F)F)c(Cl)cc1N. The minimum atomic E-state index is -4.69. The number of fused-ring (bicyclic) bond motifs is 1. The predicted octanol–water partition coefficient (Wildman–Crippen LogP) is 4.28. The summed E-state index contributed by atoms with van der Waals surface area (Å²) in [6.45, 7) is 5.48. The summed E-state index contributed by atoms with van der Waals surface area (Å²) >= 11 is 5.63. The van der Waals surface area contributed by atoms with Crippen molar-refractivity contribution >= 4 is 35.0 Å². The third kappa shape index (κ3) is 3.59. The number of nitrogens with two attached hydrogens (primary N) is 1. The van der Waals surface area contributed by atoms with Crippen LogP contribution in [0.4, 0.5) is 29.3 Å². The van der Waals surface area contributed by atoms with Crippen LogP contribution in [0.3, 0.4) is 0 Å². The number of nitrogen functional groups attached to an aromatic ring is 1. The summed E-state index contributed by atoms with van der Waals surface area (Å²) in [5.74, 6) is -0.640. The van der Waals surface area contributed by atoms with E-state index in [-0.39, 0.29) is 17.3 Å². The Morgan fingerprint density at radius 2 is 1.96 bits per heavy atom. The molecule has 1 aromatic rings. The number of nitrogens with zero attached hydrogens (tertiary/aromatic N) is 1. The molecule has 1 aromatic carbocycles. The highest BCUT2D eigenvalue weighted by Crippen LogP contribution is 2.56. The molecule has 1 saturated carbocycles. The summed E-state index contributed by atoms with van der Waals surface area (Å²) in [6.07, 6.45) is -4.27. The van der Waals surface area contributed by atoms with Gasteiger partial charge in [0.25, 0.3) is 5.91 Å². The Hall–Kier alpha value is -2.16. The van der Waals surface area contributed by atoms with Gasteiger partial charge in [-0.15, -0.1) is 0 Å². The standard InChI is InChI=1S/C18H21ClF3N3O3/c1-16(2,3)28-15(27)25-5-4-9-8-17(9,25)14(26)24-13-6-10(18(20,21)22)11(19)7-12(13)23/h6-7,9H,4-5,8,23H2,1-3H3,(H,24,26)/t9-,17+/m1/s1. The number of likely N-dealkylation sites (tertiary alicyclic amines) is 1. The van der Waals surface area contributed by atoms with Crippen LogP contribution in [0.15, 0.2) is 12.1 Å². The summed E-state index contributed by atoms with van der Waals surface area (Å²) in [7, 11) is 0. The molecule has 6 nitrogen and oxygen atoms in total. The molecule has 3 N–H and O–H groups in total. The smallest absolute Gasteiger partial charge is 0.417 e. The quantitative estimate of drug-likeness (QED) is 0.701. The van der Waals surface area contributed by atoms with Crippen molar-refractivity contribution in [3.8, 4) is 0 Å². The van der Waals surface area contributed by atoms with Crippen molar-refractivity contribution in [3.05, 3.63) is 22.7 Å². The summed E-state index contributed by atoms with van der Waals surface area (Å²) in [5, 5.41) is 1.90. The van der Waals surface area contributed by atoms with Crippen molar-refractivity contribution in [2.24, 2.45) is 5.92 Å². The van der Waals surface area contributed by atoms with Crippen LogP contribution < -0.4 is 11.1 Å². The van der Waals surface area contributed by atoms with Crippen LogP contribution in [0.25, 0.3) is 0 Å². The summed E-state index contributed by atoms with van der Waals surface area (Å²) in [4.78, 5) is 26.8. The number of carbonyl (C=O) groups excluding carboxylic acids is 2. The zero-order valence-electron chi connectivity index (χ0n) is 15.6. The molecule has 10 heteroatoms. The van der Waals surface area contributed by atoms with E-state index in [0.29, 0.717) is 25.5 Å². The zero-order valence-corrected chi connectivity index (χ0v) is 16.4. The molecule has 154 valence electrons. The maximum atomic E-state index is 13.1. The number of benzene rings is 1. The number of hydrogen-bond donors (Lipinski definition) is 2. The fourth-order valence-corrected chi connectivity index (χ4v) is 3.87. The van der Waals surface area contributed by atoms with Gasteiger partial charge in [-0.1, -0.05) is 11.6 Å². The van der Waals surface area contributed by atoms with E-state index in [1.54, 1.807) is 20.8 Å². The molecule has 1 heterocycles. The second-order valence-electron chi connectivity index (χ2n) is 8.12. The van der Waals surface area contributed by atoms with Crippen LogP contribution in [-0.4, -0.2) is 34.6 Å². The number of hydrogen-bond acceptors (Lipinski definition) is 4. The molecule has 0 spiro atoms. The number of ether oxygens (including phenoxy) is 1. The Balaban J connectivity index is 1.84. The zero-order chi connectivity index (χ0) is 21.1. The van der Waals surface area contributed by atoms with Gasteiger partial charge in [0.1, 0.15) is 11.1 Å². The Bertz CT molecular complexity index is 838. The number of amides is 2. The predicted molar refractivity (Wildman–Crippen MR) is 97.9 cm³/mol. The normalized spacial score (nSPS) is 24.0. The van der Waals surface area contributed by atoms with Crippen LogP contribution in [-0.2, 0) is 15.7 Å². The minimum Gasteiger partial charge on any atom is -0.444 e. The van der Waals surface area contributed by atoms with Gasteiger partial charge < -0.3 is 15.8 Å². The topological polar surface area (TPSA) is 84.7 Å². The van der Waals surface area contributed by atoms with Gasteiger partial charge in [-0.2, -0.15) is 13.2 Å². The first-order valence-electron chi connectivity index (χ1n) is 8.74. The second kappa shape index (κ2) is 6.43. The fourth-order valence-electron chi connectivity index (χ4n) is 3.59. The van der Waals surface area contributed by atoms with Gasteiger partial charge in [0.15, 0.2) is 0 Å². The van der Waals surface area contributed by atoms with Crippen LogP contribution >= 0.6 is 11.6 Å². The van der Waals surface area contributed by atoms with Crippen molar-refractivity contribution in [1.82, 2.24) is 4.90 Å². The molecule has 28 heavy (non-hydrogen) atoms. The third-order valence-electron chi connectivity index (χ3n) is 4.96. The number of nitrogens with one attached hydrogen (secondary N) is 1. The Kier molecular flexibility index (Phi) is 4.73. The second-order valence-corrected chi connectivity index (χ2v) is 8.52. The monoisotopic (exact) mass is 419 g/mol. The molecule has 2 atom stereocenters. The summed E-state index contributed by atoms with van der Waals surface area (Å²) in [5.41, 5.74) is 2.50. The van der Waals surface area contributed by atoms with Crippen LogP contribution in [0.5, 0.6) is 0 Å². The molecule has 2 fully saturated rings. The maximum absolute atomic E-state index is 13.1. The van der Waals surface area contributed by atoms with E-state index in [0.717, 1.165) is 6.07 Å². The first-order valence-corrected chi connectivity index (χ1v) is 9.12. The molecule has 0 aromatic heterocycles. The third-order valence-corrected chi connectivity index (χ3v) is 5.27. The van der Waals surface area contributed by atoms with Gasteiger partial charge in [-0.3, -0.25) is 9.69 Å². The van der Waals surface area contributed by atoms with Gasteiger partial charge in [0.2, 0.25) is 0 Å². The lowest BCUT2D eigenvalue weighted by Crippen LogP contribution is -2.49. The first-order chi connectivity index (χ1) is 12.8. The molecule has 0 radical (unpaired) electrons. The van der Waals surface area contributed by atoms with E-state index < -0.39 is 39.9 Å². The average molecular weight is 420 g/mol. The summed E-state index contributed by atoms with van der Waals surface area (Å²) < 4.78 is 44.7. The van der Waals surface area contributed by atoms with Crippen molar-refractivity contribution in [2.75, 3.05) is 17.6 Å². The Labute approximate surface area is 165 Å². The van der Waals surface area contributed by atoms with E-state index in [1.165, 1.54) is 4.90 Å². The van der Waals surface area contributed by atoms with Gasteiger partial charge in [0, 0.05) is 6.54 Å². The molecular weight excluding hydrogens is 399 g/mol. The van der Waals surface area contributed by atoms with Gasteiger partial charge >= 0.3 is 12.3 Å². The van der Waals surface area contributed by atoms with E-state index in [4.69, 9.17) is 22.1 Å². The lowest BCUT2D eigenvalue weighted by Gasteiger charge is -2.30. The minimum absolute atomic E-state index is 0.0596. The van der Waals surface area contributed by atoms with Crippen molar-refractivity contribution in [2.45, 2.75) is 50.9 Å². The van der Waals surface area contributed by atoms with Gasteiger partial charge in [-0.25, -0.2) is 4.79 Å². The fraction of sp³-hybridized carbons (Fsp3) is 0.556. The first kappa shape index (κ1) is 20.6. The van der Waals surface area contributed by atoms with E-state index in [1.807, 2.05) is 0 Å². The highest BCUT2D eigenvalue weighted by Gasteiger charge is 2.69. The number of anilines is 2. The maximum Gasteiger partial charge on any atom is 0.417 e. The highest BCUT2D eigenvalue weighted by molar-refractivity contribution is 6.32. The van der Waals surface area contributed by atoms with E-state index >= 15 is 0 Å². The van der Waals surface area contributed by atoms with Crippen LogP contribution in [0.2, 0.25) is 5.02 Å². The van der Waals surface area contributed by atoms with Gasteiger partial charge in [0.05, 0.1) is 22.0 Å². The van der Waals surface area contributed by atoms with E-state index in [2.05, 4.69) is 5.32 Å². The Morgan fingerprint density at radius 1 is 1.32 bits per heavy atom. The number of halogens is 4. The molecule has 1 aliphatic heterocycles. The van der Waals surface area contributed by atoms with Crippen LogP contribution in [0.1, 0.15) is 39.2 Å². The van der Waals surface area contributed by atoms with Crippen molar-refractivity contribution in [1.29, 1.82) is 0 Å². The largest absolute Gasteiger partial charge is 0.444 e. The lowest BCUT2D eigenvalue weighted by atomic mass is 10.1. The van der Waals surface area contributed by atoms with E-state index in [9.17, 15) is 22.8 Å². The van der Waals surface area contributed by atoms with Gasteiger partial charge in [-0.05, 0) is 51.7 Å². The van der Waals surface area contributed by atoms with Crippen LogP contribution in [0, 0.1) is 5.92 Å². The lowest BCUT2D eigenvalue weighted by molar-refractivity contribution is -0.137. The molecule has 2 amide bonds. The van der Waals surface area contributed by atoms with Crippen molar-refractivity contribution < 1.29 is 27.5 Å². The molecule has 2 aliphatic rings.